The van der Waals surface area contributed by atoms with Crippen LogP contribution < -0.4 is 19.9 Å². The third-order valence-corrected chi connectivity index (χ3v) is 15.9. The maximum Gasteiger partial charge on any atom is 0.410 e. The minimum absolute atomic E-state index is 0.0156. The molecule has 7 aromatic rings. The van der Waals surface area contributed by atoms with E-state index in [0.717, 1.165) is 5.56 Å². The van der Waals surface area contributed by atoms with Gasteiger partial charge in [0, 0.05) is 31.7 Å². The molecule has 1 aliphatic rings. The highest BCUT2D eigenvalue weighted by molar-refractivity contribution is 7.94. The monoisotopic (exact) mass is 963 g/mol. The number of sulfonamides is 1. The number of tetrazole rings is 1. The first-order chi connectivity index (χ1) is 32.5. The van der Waals surface area contributed by atoms with E-state index < -0.39 is 46.6 Å². The van der Waals surface area contributed by atoms with Gasteiger partial charge in [-0.1, -0.05) is 54.6 Å². The van der Waals surface area contributed by atoms with Crippen molar-refractivity contribution in [3.8, 4) is 39.8 Å². The molecule has 1 amide bonds. The average Bonchev–Trinajstić information content (AvgIpc) is 3.96. The number of amides is 1. The summed E-state index contributed by atoms with van der Waals surface area (Å²) in [4.78, 5) is 22.5. The van der Waals surface area contributed by atoms with Gasteiger partial charge in [-0.2, -0.15) is 9.10 Å². The molecule has 0 bridgehead atoms. The van der Waals surface area contributed by atoms with Gasteiger partial charge in [0.15, 0.2) is 15.8 Å². The molecule has 0 saturated carbocycles. The number of H-pyrrole nitrogens is 1. The van der Waals surface area contributed by atoms with Crippen molar-refractivity contribution in [2.45, 2.75) is 73.9 Å². The van der Waals surface area contributed by atoms with E-state index in [1.165, 1.54) is 34.3 Å². The molecule has 2 aromatic heterocycles. The summed E-state index contributed by atoms with van der Waals surface area (Å²) in [7, 11) is -4.81. The number of hydrogen-bond donors (Lipinski definition) is 2. The number of rotatable bonds is 15. The molecule has 0 radical (unpaired) electrons. The zero-order valence-electron chi connectivity index (χ0n) is 38.5. The number of nitrogen functional groups attached to an aromatic ring is 1. The molecular weight excluding hydrogens is 911 g/mol. The van der Waals surface area contributed by atoms with Gasteiger partial charge < -0.3 is 34.6 Å². The predicted molar refractivity (Wildman–Crippen MR) is 255 cm³/mol. The van der Waals surface area contributed by atoms with Gasteiger partial charge >= 0.3 is 6.09 Å². The fraction of sp³-hybridized carbons (Fsp3) is 0.312. The standard InChI is InChI=1S/C48H53N9O9S2/c1-48(2,3)66-47(58)55-26-24-37(25-27-55)67(59,60)41-23-22-38(39-8-7-9-40-43(39)51-46(49)50-40)42(45-52-54-57(53-45)30-33-14-20-36(65-6)21-15-33)44(41)68(61,62)56(28-31-10-16-34(63-4)17-11-31)29-32-12-18-35(64-5)19-13-32/h7-23,37H,24-30H2,1-6H3,(H3,49,50,51). The fourth-order valence-electron chi connectivity index (χ4n) is 8.14. The van der Waals surface area contributed by atoms with Gasteiger partial charge in [0.25, 0.3) is 0 Å². The number of para-hydroxylation sites is 1. The molecule has 3 heterocycles. The largest absolute Gasteiger partial charge is 0.497 e. The smallest absolute Gasteiger partial charge is 0.410 e. The van der Waals surface area contributed by atoms with Crippen molar-refractivity contribution < 1.29 is 40.6 Å². The van der Waals surface area contributed by atoms with Gasteiger partial charge in [-0.05, 0) is 110 Å². The number of aromatic nitrogens is 6. The number of sulfone groups is 1. The minimum atomic E-state index is -4.92. The first-order valence-corrected chi connectivity index (χ1v) is 24.8. The lowest BCUT2D eigenvalue weighted by atomic mass is 9.98. The molecule has 0 aliphatic carbocycles. The lowest BCUT2D eigenvalue weighted by Gasteiger charge is -2.33. The maximum atomic E-state index is 16.2. The molecule has 0 atom stereocenters. The van der Waals surface area contributed by atoms with Crippen LogP contribution in [0, 0.1) is 0 Å². The van der Waals surface area contributed by atoms with E-state index in [0.29, 0.717) is 45.0 Å². The third-order valence-electron chi connectivity index (χ3n) is 11.6. The van der Waals surface area contributed by atoms with Crippen molar-refractivity contribution >= 4 is 42.9 Å². The van der Waals surface area contributed by atoms with Crippen LogP contribution in [0.25, 0.3) is 33.5 Å². The molecule has 1 saturated heterocycles. The summed E-state index contributed by atoms with van der Waals surface area (Å²) in [6.07, 6.45) is -0.531. The summed E-state index contributed by atoms with van der Waals surface area (Å²) in [6, 6.07) is 29.3. The number of nitrogens with zero attached hydrogens (tertiary/aromatic N) is 7. The van der Waals surface area contributed by atoms with E-state index >= 15 is 16.8 Å². The maximum absolute atomic E-state index is 16.2. The quantitative estimate of drug-likeness (QED) is 0.105. The molecule has 5 aromatic carbocycles. The molecule has 1 aliphatic heterocycles. The Morgan fingerprint density at radius 3 is 1.87 bits per heavy atom. The Bertz CT molecular complexity index is 3090. The zero-order chi connectivity index (χ0) is 48.4. The van der Waals surface area contributed by atoms with Crippen LogP contribution in [0.1, 0.15) is 50.3 Å². The van der Waals surface area contributed by atoms with E-state index in [1.54, 1.807) is 113 Å². The van der Waals surface area contributed by atoms with Crippen LogP contribution in [-0.4, -0.2) is 108 Å². The third kappa shape index (κ3) is 10.1. The second-order valence-corrected chi connectivity index (χ2v) is 21.4. The normalized spacial score (nSPS) is 13.8. The van der Waals surface area contributed by atoms with Gasteiger partial charge in [-0.15, -0.1) is 10.2 Å². The Balaban J connectivity index is 1.36. The number of likely N-dealkylation sites (tertiary alicyclic amines) is 1. The number of imidazole rings is 1. The molecule has 68 heavy (non-hydrogen) atoms. The summed E-state index contributed by atoms with van der Waals surface area (Å²) in [5.41, 5.74) is 8.95. The number of nitrogens with one attached hydrogen (secondary N) is 1. The van der Waals surface area contributed by atoms with Crippen molar-refractivity contribution in [2.24, 2.45) is 0 Å². The van der Waals surface area contributed by atoms with Crippen molar-refractivity contribution in [2.75, 3.05) is 40.2 Å². The zero-order valence-corrected chi connectivity index (χ0v) is 40.2. The lowest BCUT2D eigenvalue weighted by Crippen LogP contribution is -2.44. The second-order valence-electron chi connectivity index (χ2n) is 17.3. The molecule has 18 nitrogen and oxygen atoms in total. The summed E-state index contributed by atoms with van der Waals surface area (Å²) < 4.78 is 86.3. The highest BCUT2D eigenvalue weighted by Crippen LogP contribution is 2.44. The van der Waals surface area contributed by atoms with Crippen molar-refractivity contribution in [3.05, 3.63) is 120 Å². The highest BCUT2D eigenvalue weighted by atomic mass is 32.2. The van der Waals surface area contributed by atoms with E-state index in [9.17, 15) is 4.79 Å². The van der Waals surface area contributed by atoms with Gasteiger partial charge in [-0.3, -0.25) is 0 Å². The van der Waals surface area contributed by atoms with Crippen molar-refractivity contribution in [1.82, 2.24) is 39.4 Å². The van der Waals surface area contributed by atoms with Gasteiger partial charge in [0.05, 0.1) is 54.6 Å². The number of nitrogens with two attached hydrogens (primary N) is 1. The molecule has 0 spiro atoms. The number of methoxy groups -OCH3 is 3. The topological polar surface area (TPSA) is 227 Å². The van der Waals surface area contributed by atoms with Crippen LogP contribution in [0.4, 0.5) is 10.7 Å². The number of benzene rings is 5. The number of hydrogen-bond acceptors (Lipinski definition) is 14. The average molecular weight is 964 g/mol. The molecule has 20 heteroatoms. The molecule has 1 fully saturated rings. The second kappa shape index (κ2) is 19.3. The summed E-state index contributed by atoms with van der Waals surface area (Å²) in [5, 5.41) is 12.5. The van der Waals surface area contributed by atoms with Gasteiger partial charge in [0.2, 0.25) is 15.8 Å². The van der Waals surface area contributed by atoms with E-state index in [4.69, 9.17) is 29.8 Å². The Morgan fingerprint density at radius 1 is 0.765 bits per heavy atom. The van der Waals surface area contributed by atoms with Crippen LogP contribution in [0.3, 0.4) is 0 Å². The number of carbonyl (C=O) groups is 1. The van der Waals surface area contributed by atoms with Crippen molar-refractivity contribution in [3.63, 3.8) is 0 Å². The first kappa shape index (κ1) is 47.5. The molecule has 3 N–H and O–H groups in total. The van der Waals surface area contributed by atoms with E-state index in [1.807, 2.05) is 12.1 Å². The number of ether oxygens (including phenoxy) is 4. The predicted octanol–water partition coefficient (Wildman–Crippen LogP) is 7.10. The number of carbonyl (C=O) groups excluding carboxylic acids is 1. The van der Waals surface area contributed by atoms with Crippen molar-refractivity contribution in [1.29, 1.82) is 0 Å². The summed E-state index contributed by atoms with van der Waals surface area (Å²) in [6.45, 7) is 5.17. The van der Waals surface area contributed by atoms with E-state index in [-0.39, 0.29) is 68.5 Å². The SMILES string of the molecule is COc1ccc(CN(Cc2ccc(OC)cc2)S(=O)(=O)c2c(S(=O)(=O)C3CCN(C(=O)OC(C)(C)C)CC3)ccc(-c3cccc4[nH]c(N)nc34)c2-c2nnn(Cc3ccc(OC)cc3)n2)cc1. The summed E-state index contributed by atoms with van der Waals surface area (Å²) in [5.74, 6) is 1.74. The Hall–Kier alpha value is -7.03. The van der Waals surface area contributed by atoms with Crippen LogP contribution in [-0.2, 0) is 44.2 Å². The van der Waals surface area contributed by atoms with Gasteiger partial charge in [-0.25, -0.2) is 26.6 Å². The molecule has 8 rings (SSSR count). The van der Waals surface area contributed by atoms with Crippen LogP contribution in [0.15, 0.2) is 113 Å². The molecule has 0 unspecified atom stereocenters. The number of fused-ring (bicyclic) bond motifs is 1. The highest BCUT2D eigenvalue weighted by Gasteiger charge is 2.42. The number of aromatic amines is 1. The number of anilines is 1. The van der Waals surface area contributed by atoms with Crippen LogP contribution >= 0.6 is 0 Å². The summed E-state index contributed by atoms with van der Waals surface area (Å²) >= 11 is 0. The Kier molecular flexibility index (Phi) is 13.5. The lowest BCUT2D eigenvalue weighted by molar-refractivity contribution is 0.0217. The molecule has 356 valence electrons. The Labute approximate surface area is 395 Å². The number of piperidine rings is 1. The van der Waals surface area contributed by atoms with Crippen LogP contribution in [0.2, 0.25) is 0 Å². The van der Waals surface area contributed by atoms with Gasteiger partial charge in [0.1, 0.15) is 27.7 Å². The van der Waals surface area contributed by atoms with Crippen LogP contribution in [0.5, 0.6) is 17.2 Å². The first-order valence-electron chi connectivity index (χ1n) is 21.8. The Morgan fingerprint density at radius 2 is 1.32 bits per heavy atom. The van der Waals surface area contributed by atoms with E-state index in [2.05, 4.69) is 20.3 Å². The molecular formula is C48H53N9O9S2. The minimum Gasteiger partial charge on any atom is -0.497 e. The fourth-order valence-corrected chi connectivity index (χ4v) is 12.3.